The highest BCUT2D eigenvalue weighted by Gasteiger charge is 1.90. The van der Waals surface area contributed by atoms with E-state index < -0.39 is 0 Å². The molecule has 0 saturated carbocycles. The van der Waals surface area contributed by atoms with E-state index in [0.717, 1.165) is 0 Å². The molecular weight excluding hydrogens is 140 g/mol. The minimum Gasteiger partial charge on any atom is -0.382 e. The predicted octanol–water partition coefficient (Wildman–Crippen LogP) is 0.657. The van der Waals surface area contributed by atoms with Gasteiger partial charge >= 0.3 is 0 Å². The fraction of sp³-hybridized carbons (Fsp3) is 0.143. The van der Waals surface area contributed by atoms with Crippen LogP contribution in [0.5, 0.6) is 0 Å². The van der Waals surface area contributed by atoms with Crippen molar-refractivity contribution in [3.8, 4) is 0 Å². The average Bonchev–Trinajstić information content (AvgIpc) is 2.04. The van der Waals surface area contributed by atoms with E-state index in [1.807, 2.05) is 0 Å². The molecule has 1 aromatic rings. The Morgan fingerprint density at radius 2 is 2.36 bits per heavy atom. The van der Waals surface area contributed by atoms with Gasteiger partial charge in [-0.1, -0.05) is 6.08 Å². The number of hydrogen-bond acceptors (Lipinski definition) is 4. The van der Waals surface area contributed by atoms with Crippen LogP contribution in [0.2, 0.25) is 0 Å². The standard InChI is InChI=1S/C7H10N4/c1-2-3-9-7-5-10-6(8)4-11-7/h2,4-5H,1,3H2,(H2,8,10)(H,9,11). The Morgan fingerprint density at radius 1 is 1.55 bits per heavy atom. The monoisotopic (exact) mass is 150 g/mol. The summed E-state index contributed by atoms with van der Waals surface area (Å²) in [5.41, 5.74) is 5.33. The molecule has 0 aliphatic heterocycles. The first-order valence-electron chi connectivity index (χ1n) is 3.25. The van der Waals surface area contributed by atoms with E-state index in [-0.39, 0.29) is 0 Å². The fourth-order valence-electron chi connectivity index (χ4n) is 0.606. The topological polar surface area (TPSA) is 63.8 Å². The summed E-state index contributed by atoms with van der Waals surface area (Å²) in [6.45, 7) is 4.24. The summed E-state index contributed by atoms with van der Waals surface area (Å²) < 4.78 is 0. The number of nitrogen functional groups attached to an aromatic ring is 1. The molecule has 0 unspecified atom stereocenters. The number of nitrogens with two attached hydrogens (primary N) is 1. The van der Waals surface area contributed by atoms with E-state index in [0.29, 0.717) is 18.2 Å². The number of hydrogen-bond donors (Lipinski definition) is 2. The van der Waals surface area contributed by atoms with Crippen molar-refractivity contribution >= 4 is 11.6 Å². The van der Waals surface area contributed by atoms with E-state index in [1.165, 1.54) is 6.20 Å². The molecular formula is C7H10N4. The number of nitrogens with zero attached hydrogens (tertiary/aromatic N) is 2. The summed E-state index contributed by atoms with van der Waals surface area (Å²) in [6, 6.07) is 0. The average molecular weight is 150 g/mol. The van der Waals surface area contributed by atoms with Gasteiger partial charge in [0.25, 0.3) is 0 Å². The van der Waals surface area contributed by atoms with Crippen molar-refractivity contribution < 1.29 is 0 Å². The molecule has 1 rings (SSSR count). The molecule has 0 amide bonds. The van der Waals surface area contributed by atoms with Crippen LogP contribution in [-0.4, -0.2) is 16.5 Å². The first-order valence-corrected chi connectivity index (χ1v) is 3.25. The fourth-order valence-corrected chi connectivity index (χ4v) is 0.606. The van der Waals surface area contributed by atoms with Crippen molar-refractivity contribution in [2.75, 3.05) is 17.6 Å². The molecule has 0 aliphatic rings. The molecule has 4 nitrogen and oxygen atoms in total. The van der Waals surface area contributed by atoms with E-state index in [2.05, 4.69) is 21.9 Å². The number of nitrogens with one attached hydrogen (secondary N) is 1. The van der Waals surface area contributed by atoms with Crippen LogP contribution < -0.4 is 11.1 Å². The van der Waals surface area contributed by atoms with Crippen molar-refractivity contribution in [1.82, 2.24) is 9.97 Å². The molecule has 0 aliphatic carbocycles. The molecule has 0 spiro atoms. The van der Waals surface area contributed by atoms with Crippen LogP contribution in [0.4, 0.5) is 11.6 Å². The minimum atomic E-state index is 0.425. The van der Waals surface area contributed by atoms with Crippen LogP contribution in [0.25, 0.3) is 0 Å². The maximum absolute atomic E-state index is 5.33. The molecule has 0 radical (unpaired) electrons. The van der Waals surface area contributed by atoms with Gasteiger partial charge in [-0.05, 0) is 0 Å². The van der Waals surface area contributed by atoms with Crippen LogP contribution >= 0.6 is 0 Å². The van der Waals surface area contributed by atoms with Crippen molar-refractivity contribution in [2.24, 2.45) is 0 Å². The second-order valence-electron chi connectivity index (χ2n) is 2.00. The molecule has 0 bridgehead atoms. The van der Waals surface area contributed by atoms with Gasteiger partial charge in [0, 0.05) is 6.54 Å². The molecule has 1 aromatic heterocycles. The Balaban J connectivity index is 2.58. The number of aromatic nitrogens is 2. The summed E-state index contributed by atoms with van der Waals surface area (Å²) in [5.74, 6) is 1.13. The van der Waals surface area contributed by atoms with E-state index in [9.17, 15) is 0 Å². The zero-order valence-corrected chi connectivity index (χ0v) is 6.12. The quantitative estimate of drug-likeness (QED) is 0.621. The molecule has 1 heterocycles. The van der Waals surface area contributed by atoms with E-state index in [1.54, 1.807) is 12.3 Å². The first kappa shape index (κ1) is 7.53. The van der Waals surface area contributed by atoms with Gasteiger partial charge in [-0.3, -0.25) is 0 Å². The van der Waals surface area contributed by atoms with Gasteiger partial charge in [-0.25, -0.2) is 9.97 Å². The maximum Gasteiger partial charge on any atom is 0.144 e. The van der Waals surface area contributed by atoms with Crippen molar-refractivity contribution in [2.45, 2.75) is 0 Å². The summed E-state index contributed by atoms with van der Waals surface area (Å²) in [6.07, 6.45) is 4.84. The van der Waals surface area contributed by atoms with Gasteiger partial charge in [-0.2, -0.15) is 0 Å². The third-order valence-corrected chi connectivity index (χ3v) is 1.10. The zero-order chi connectivity index (χ0) is 8.10. The number of anilines is 2. The lowest BCUT2D eigenvalue weighted by atomic mass is 10.5. The summed E-state index contributed by atoms with van der Waals surface area (Å²) in [4.78, 5) is 7.82. The molecule has 3 N–H and O–H groups in total. The second-order valence-corrected chi connectivity index (χ2v) is 2.00. The molecule has 4 heteroatoms. The molecule has 0 atom stereocenters. The SMILES string of the molecule is C=CCNc1cnc(N)cn1. The van der Waals surface area contributed by atoms with E-state index in [4.69, 9.17) is 5.73 Å². The van der Waals surface area contributed by atoms with Gasteiger partial charge in [0.05, 0.1) is 12.4 Å². The largest absolute Gasteiger partial charge is 0.382 e. The Morgan fingerprint density at radius 3 is 2.91 bits per heavy atom. The third kappa shape index (κ3) is 2.25. The zero-order valence-electron chi connectivity index (χ0n) is 6.12. The molecule has 0 saturated heterocycles. The van der Waals surface area contributed by atoms with Crippen molar-refractivity contribution in [3.63, 3.8) is 0 Å². The Kier molecular flexibility index (Phi) is 2.43. The smallest absolute Gasteiger partial charge is 0.144 e. The second kappa shape index (κ2) is 3.55. The van der Waals surface area contributed by atoms with Gasteiger partial charge < -0.3 is 11.1 Å². The summed E-state index contributed by atoms with van der Waals surface area (Å²) in [5, 5.41) is 2.97. The first-order chi connectivity index (χ1) is 5.33. The highest BCUT2D eigenvalue weighted by molar-refractivity contribution is 5.36. The lowest BCUT2D eigenvalue weighted by Crippen LogP contribution is -2.01. The lowest BCUT2D eigenvalue weighted by molar-refractivity contribution is 1.17. The summed E-state index contributed by atoms with van der Waals surface area (Å²) in [7, 11) is 0. The summed E-state index contributed by atoms with van der Waals surface area (Å²) >= 11 is 0. The van der Waals surface area contributed by atoms with Crippen LogP contribution in [0, 0.1) is 0 Å². The van der Waals surface area contributed by atoms with Gasteiger partial charge in [0.15, 0.2) is 0 Å². The molecule has 0 aromatic carbocycles. The normalized spacial score (nSPS) is 9.09. The minimum absolute atomic E-state index is 0.425. The highest BCUT2D eigenvalue weighted by Crippen LogP contribution is 2.00. The maximum atomic E-state index is 5.33. The van der Waals surface area contributed by atoms with Gasteiger partial charge in [-0.15, -0.1) is 6.58 Å². The van der Waals surface area contributed by atoms with Gasteiger partial charge in [0.2, 0.25) is 0 Å². The van der Waals surface area contributed by atoms with Crippen molar-refractivity contribution in [3.05, 3.63) is 25.0 Å². The predicted molar refractivity (Wildman–Crippen MR) is 45.1 cm³/mol. The third-order valence-electron chi connectivity index (χ3n) is 1.10. The molecule has 58 valence electrons. The molecule has 11 heavy (non-hydrogen) atoms. The van der Waals surface area contributed by atoms with Crippen molar-refractivity contribution in [1.29, 1.82) is 0 Å². The Labute approximate surface area is 65.2 Å². The Bertz CT molecular complexity index is 229. The highest BCUT2D eigenvalue weighted by atomic mass is 15.0. The van der Waals surface area contributed by atoms with Crippen LogP contribution in [0.15, 0.2) is 25.0 Å². The van der Waals surface area contributed by atoms with Gasteiger partial charge in [0.1, 0.15) is 11.6 Å². The Hall–Kier alpha value is -1.58. The van der Waals surface area contributed by atoms with Crippen LogP contribution in [0.3, 0.4) is 0 Å². The molecule has 0 fully saturated rings. The van der Waals surface area contributed by atoms with E-state index >= 15 is 0 Å². The van der Waals surface area contributed by atoms with Crippen LogP contribution in [0.1, 0.15) is 0 Å². The lowest BCUT2D eigenvalue weighted by Gasteiger charge is -1.99. The number of rotatable bonds is 3. The van der Waals surface area contributed by atoms with Crippen LogP contribution in [-0.2, 0) is 0 Å².